The Morgan fingerprint density at radius 2 is 1.89 bits per heavy atom. The van der Waals surface area contributed by atoms with E-state index in [9.17, 15) is 22.4 Å². The molecule has 0 unspecified atom stereocenters. The van der Waals surface area contributed by atoms with Gasteiger partial charge in [-0.15, -0.1) is 11.3 Å². The smallest absolute Gasteiger partial charge is 0.267 e. The summed E-state index contributed by atoms with van der Waals surface area (Å²) in [6, 6.07) is 10.7. The van der Waals surface area contributed by atoms with Crippen LogP contribution in [0.25, 0.3) is 0 Å². The number of benzene rings is 2. The predicted octanol–water partition coefficient (Wildman–Crippen LogP) is 4.58. The Morgan fingerprint density at radius 1 is 1.13 bits per heavy atom. The lowest BCUT2D eigenvalue weighted by molar-refractivity contribution is -0.130. The van der Waals surface area contributed by atoms with E-state index < -0.39 is 50.0 Å². The zero-order valence-electron chi connectivity index (χ0n) is 26.1. The fourth-order valence-electron chi connectivity index (χ4n) is 6.09. The van der Waals surface area contributed by atoms with Gasteiger partial charge in [-0.3, -0.25) is 14.3 Å². The average molecular weight is 670 g/mol. The molecule has 2 aromatic heterocycles. The average Bonchev–Trinajstić information content (AvgIpc) is 3.78. The van der Waals surface area contributed by atoms with Crippen molar-refractivity contribution in [3.05, 3.63) is 94.5 Å². The molecular formula is C32H36FN5O6S2. The second-order valence-electron chi connectivity index (χ2n) is 12.2. The standard InChI is InChI=1S/C32H36FN5O6S2/c1-31(2,3)23-12-11-21(17-25(23)44-5)29(39)38-27(28-34-14-16-45-28)22(19-43-4)18-32(38,20-37-15-8-13-35-37)30(40)36-46(41,42)26-10-7-6-9-24(26)33/h6-17,22,27H,18-20H2,1-5H3,(H,36,40)/t22-,27-,32-/m1/s1. The van der Waals surface area contributed by atoms with Crippen LogP contribution in [0.15, 0.2) is 77.4 Å². The fourth-order valence-corrected chi connectivity index (χ4v) is 8.04. The van der Waals surface area contributed by atoms with Gasteiger partial charge in [-0.1, -0.05) is 39.0 Å². The monoisotopic (exact) mass is 669 g/mol. The van der Waals surface area contributed by atoms with Crippen molar-refractivity contribution >= 4 is 33.2 Å². The van der Waals surface area contributed by atoms with Gasteiger partial charge in [0.15, 0.2) is 0 Å². The number of aromatic nitrogens is 3. The molecule has 3 atom stereocenters. The zero-order chi connectivity index (χ0) is 33.3. The number of amides is 2. The van der Waals surface area contributed by atoms with E-state index in [0.717, 1.165) is 17.7 Å². The van der Waals surface area contributed by atoms with E-state index in [4.69, 9.17) is 9.47 Å². The lowest BCUT2D eigenvalue weighted by atomic mass is 9.85. The molecule has 2 aromatic carbocycles. The molecule has 46 heavy (non-hydrogen) atoms. The summed E-state index contributed by atoms with van der Waals surface area (Å²) in [6.07, 6.45) is 4.73. The van der Waals surface area contributed by atoms with Gasteiger partial charge in [0.1, 0.15) is 27.0 Å². The van der Waals surface area contributed by atoms with E-state index in [1.165, 1.54) is 53.5 Å². The number of carbonyl (C=O) groups is 2. The molecule has 244 valence electrons. The molecule has 0 radical (unpaired) electrons. The first kappa shape index (κ1) is 33.2. The van der Waals surface area contributed by atoms with Gasteiger partial charge in [-0.05, 0) is 47.7 Å². The summed E-state index contributed by atoms with van der Waals surface area (Å²) in [6.45, 7) is 6.00. The third-order valence-electron chi connectivity index (χ3n) is 8.10. The molecule has 5 rings (SSSR count). The van der Waals surface area contributed by atoms with Crippen molar-refractivity contribution < 1.29 is 31.9 Å². The second-order valence-corrected chi connectivity index (χ2v) is 14.8. The van der Waals surface area contributed by atoms with E-state index in [-0.39, 0.29) is 30.6 Å². The first-order valence-electron chi connectivity index (χ1n) is 14.5. The molecule has 0 aliphatic carbocycles. The maximum absolute atomic E-state index is 14.9. The number of hydrogen-bond donors (Lipinski definition) is 1. The first-order chi connectivity index (χ1) is 21.8. The van der Waals surface area contributed by atoms with Crippen LogP contribution in [0.2, 0.25) is 0 Å². The number of halogens is 1. The quantitative estimate of drug-likeness (QED) is 0.260. The van der Waals surface area contributed by atoms with Crippen molar-refractivity contribution in [2.45, 2.75) is 55.6 Å². The van der Waals surface area contributed by atoms with Crippen LogP contribution in [0.1, 0.15) is 54.2 Å². The highest BCUT2D eigenvalue weighted by atomic mass is 32.2. The van der Waals surface area contributed by atoms with Gasteiger partial charge in [0, 0.05) is 42.6 Å². The molecule has 1 saturated heterocycles. The van der Waals surface area contributed by atoms with E-state index in [1.54, 1.807) is 36.0 Å². The molecule has 0 saturated carbocycles. The number of likely N-dealkylation sites (tertiary alicyclic amines) is 1. The second kappa shape index (κ2) is 12.9. The molecule has 0 spiro atoms. The van der Waals surface area contributed by atoms with Gasteiger partial charge in [-0.25, -0.2) is 22.5 Å². The predicted molar refractivity (Wildman–Crippen MR) is 169 cm³/mol. The van der Waals surface area contributed by atoms with Crippen molar-refractivity contribution in [2.24, 2.45) is 5.92 Å². The highest BCUT2D eigenvalue weighted by molar-refractivity contribution is 7.90. The van der Waals surface area contributed by atoms with Gasteiger partial charge < -0.3 is 14.4 Å². The number of nitrogens with one attached hydrogen (secondary N) is 1. The van der Waals surface area contributed by atoms with Crippen LogP contribution in [-0.2, 0) is 31.5 Å². The van der Waals surface area contributed by atoms with Gasteiger partial charge in [0.25, 0.3) is 21.8 Å². The first-order valence-corrected chi connectivity index (χ1v) is 16.9. The third kappa shape index (κ3) is 6.29. The van der Waals surface area contributed by atoms with Crippen LogP contribution in [0.4, 0.5) is 4.39 Å². The highest BCUT2D eigenvalue weighted by Gasteiger charge is 2.60. The third-order valence-corrected chi connectivity index (χ3v) is 10.3. The summed E-state index contributed by atoms with van der Waals surface area (Å²) in [4.78, 5) is 34.7. The largest absolute Gasteiger partial charge is 0.496 e. The normalized spacial score (nSPS) is 20.1. The maximum Gasteiger partial charge on any atom is 0.267 e. The van der Waals surface area contributed by atoms with Crippen LogP contribution in [0, 0.1) is 11.7 Å². The van der Waals surface area contributed by atoms with Gasteiger partial charge in [-0.2, -0.15) is 5.10 Å². The topological polar surface area (TPSA) is 133 Å². The van der Waals surface area contributed by atoms with Crippen molar-refractivity contribution in [3.8, 4) is 5.75 Å². The van der Waals surface area contributed by atoms with Gasteiger partial charge in [0.05, 0.1) is 26.3 Å². The summed E-state index contributed by atoms with van der Waals surface area (Å²) in [7, 11) is -1.67. The Labute approximate surface area is 271 Å². The molecule has 14 heteroatoms. The molecule has 0 bridgehead atoms. The summed E-state index contributed by atoms with van der Waals surface area (Å²) in [5, 5.41) is 6.60. The highest BCUT2D eigenvalue weighted by Crippen LogP contribution is 2.50. The molecule has 4 aromatic rings. The Kier molecular flexibility index (Phi) is 9.34. The minimum Gasteiger partial charge on any atom is -0.496 e. The fraction of sp³-hybridized carbons (Fsp3) is 0.375. The van der Waals surface area contributed by atoms with Gasteiger partial charge in [0.2, 0.25) is 0 Å². The van der Waals surface area contributed by atoms with E-state index in [0.29, 0.717) is 10.8 Å². The lowest BCUT2D eigenvalue weighted by Crippen LogP contribution is -2.61. The summed E-state index contributed by atoms with van der Waals surface area (Å²) in [5.41, 5.74) is -1.03. The zero-order valence-corrected chi connectivity index (χ0v) is 27.8. The molecule has 1 aliphatic heterocycles. The number of methoxy groups -OCH3 is 2. The maximum atomic E-state index is 14.9. The van der Waals surface area contributed by atoms with Crippen molar-refractivity contribution in [2.75, 3.05) is 20.8 Å². The Morgan fingerprint density at radius 3 is 2.50 bits per heavy atom. The minimum atomic E-state index is -4.70. The molecule has 2 amide bonds. The number of rotatable bonds is 10. The Hall–Kier alpha value is -4.14. The number of nitrogens with zero attached hydrogens (tertiary/aromatic N) is 4. The molecule has 1 fully saturated rings. The summed E-state index contributed by atoms with van der Waals surface area (Å²) in [5.74, 6) is -2.58. The van der Waals surface area contributed by atoms with Crippen LogP contribution in [-0.4, -0.2) is 66.3 Å². The number of thiazole rings is 1. The number of hydrogen-bond acceptors (Lipinski definition) is 9. The molecule has 1 aliphatic rings. The van der Waals surface area contributed by atoms with Gasteiger partial charge >= 0.3 is 0 Å². The van der Waals surface area contributed by atoms with Crippen LogP contribution in [0.3, 0.4) is 0 Å². The summed E-state index contributed by atoms with van der Waals surface area (Å²) >= 11 is 1.30. The Balaban J connectivity index is 1.71. The van der Waals surface area contributed by atoms with Crippen molar-refractivity contribution in [3.63, 3.8) is 0 Å². The Bertz CT molecular complexity index is 1810. The van der Waals surface area contributed by atoms with Crippen molar-refractivity contribution in [1.29, 1.82) is 0 Å². The number of carbonyl (C=O) groups excluding carboxylic acids is 2. The van der Waals surface area contributed by atoms with E-state index in [2.05, 4.69) is 14.8 Å². The molecule has 11 nitrogen and oxygen atoms in total. The van der Waals surface area contributed by atoms with Crippen LogP contribution >= 0.6 is 11.3 Å². The molecule has 3 heterocycles. The molecule has 1 N–H and O–H groups in total. The SMILES string of the molecule is COC[C@H]1C[C@@](Cn2cccn2)(C(=O)NS(=O)(=O)c2ccccc2F)N(C(=O)c2ccc(C(C)(C)C)c(OC)c2)[C@H]1c1nccs1. The van der Waals surface area contributed by atoms with E-state index >= 15 is 0 Å². The number of sulfonamides is 1. The molecular weight excluding hydrogens is 634 g/mol. The number of ether oxygens (including phenoxy) is 2. The minimum absolute atomic E-state index is 0.00742. The lowest BCUT2D eigenvalue weighted by Gasteiger charge is -2.39. The van der Waals surface area contributed by atoms with Crippen LogP contribution < -0.4 is 9.46 Å². The van der Waals surface area contributed by atoms with E-state index in [1.807, 2.05) is 26.8 Å². The van der Waals surface area contributed by atoms with Crippen LogP contribution in [0.5, 0.6) is 5.75 Å². The van der Waals surface area contributed by atoms with Crippen molar-refractivity contribution in [1.82, 2.24) is 24.4 Å². The summed E-state index contributed by atoms with van der Waals surface area (Å²) < 4.78 is 56.5.